The van der Waals surface area contributed by atoms with Crippen LogP contribution in [0.25, 0.3) is 11.1 Å². The fraction of sp³-hybridized carbons (Fsp3) is 0.0769. The first-order valence-electron chi connectivity index (χ1n) is 4.81. The van der Waals surface area contributed by atoms with E-state index in [4.69, 9.17) is 11.6 Å². The first-order chi connectivity index (χ1) is 7.72. The van der Waals surface area contributed by atoms with Gasteiger partial charge < -0.3 is 0 Å². The molecular weight excluding hydrogens is 290 g/mol. The summed E-state index contributed by atoms with van der Waals surface area (Å²) in [6, 6.07) is 12.3. The Hall–Kier alpha value is -0.860. The monoisotopic (exact) mass is 298 g/mol. The van der Waals surface area contributed by atoms with Gasteiger partial charge in [0.05, 0.1) is 0 Å². The van der Waals surface area contributed by atoms with Crippen LogP contribution in [0.1, 0.15) is 5.56 Å². The van der Waals surface area contributed by atoms with Gasteiger partial charge in [0, 0.05) is 10.4 Å². The van der Waals surface area contributed by atoms with Crippen LogP contribution in [-0.2, 0) is 5.88 Å². The van der Waals surface area contributed by atoms with Crippen LogP contribution in [-0.4, -0.2) is 0 Å². The third kappa shape index (κ3) is 2.28. The number of rotatable bonds is 2. The summed E-state index contributed by atoms with van der Waals surface area (Å²) >= 11 is 9.35. The molecule has 0 unspecified atom stereocenters. The van der Waals surface area contributed by atoms with Crippen LogP contribution in [0.5, 0.6) is 0 Å². The third-order valence-corrected chi connectivity index (χ3v) is 3.40. The molecule has 82 valence electrons. The molecule has 0 atom stereocenters. The van der Waals surface area contributed by atoms with Crippen molar-refractivity contribution >= 4 is 27.5 Å². The SMILES string of the molecule is Fc1cccc(-c2cccc(Br)c2CCl)c1. The van der Waals surface area contributed by atoms with E-state index in [0.717, 1.165) is 21.2 Å². The second-order valence-corrected chi connectivity index (χ2v) is 4.53. The quantitative estimate of drug-likeness (QED) is 0.685. The molecule has 0 aliphatic carbocycles. The van der Waals surface area contributed by atoms with E-state index < -0.39 is 0 Å². The van der Waals surface area contributed by atoms with Crippen molar-refractivity contribution in [3.05, 3.63) is 58.3 Å². The van der Waals surface area contributed by atoms with Crippen LogP contribution >= 0.6 is 27.5 Å². The second kappa shape index (κ2) is 4.98. The van der Waals surface area contributed by atoms with Crippen molar-refractivity contribution in [3.63, 3.8) is 0 Å². The molecule has 0 amide bonds. The molecule has 16 heavy (non-hydrogen) atoms. The lowest BCUT2D eigenvalue weighted by molar-refractivity contribution is 0.628. The first-order valence-corrected chi connectivity index (χ1v) is 6.14. The van der Waals surface area contributed by atoms with Gasteiger partial charge in [0.2, 0.25) is 0 Å². The standard InChI is InChI=1S/C13H9BrClF/c14-13-6-2-5-11(12(13)8-15)9-3-1-4-10(16)7-9/h1-7H,8H2. The second-order valence-electron chi connectivity index (χ2n) is 3.41. The van der Waals surface area contributed by atoms with Crippen LogP contribution < -0.4 is 0 Å². The van der Waals surface area contributed by atoms with Crippen molar-refractivity contribution in [1.29, 1.82) is 0 Å². The molecule has 2 aromatic carbocycles. The molecule has 0 saturated carbocycles. The third-order valence-electron chi connectivity index (χ3n) is 2.39. The maximum atomic E-state index is 13.1. The zero-order chi connectivity index (χ0) is 11.5. The molecule has 0 heterocycles. The van der Waals surface area contributed by atoms with Gasteiger partial charge in [0.15, 0.2) is 0 Å². The summed E-state index contributed by atoms with van der Waals surface area (Å²) in [6.07, 6.45) is 0. The molecule has 2 rings (SSSR count). The van der Waals surface area contributed by atoms with Crippen LogP contribution in [0.3, 0.4) is 0 Å². The van der Waals surface area contributed by atoms with Crippen LogP contribution in [0.2, 0.25) is 0 Å². The van der Waals surface area contributed by atoms with E-state index in [1.54, 1.807) is 6.07 Å². The minimum atomic E-state index is -0.238. The van der Waals surface area contributed by atoms with Crippen molar-refractivity contribution in [2.24, 2.45) is 0 Å². The van der Waals surface area contributed by atoms with Crippen molar-refractivity contribution in [2.45, 2.75) is 5.88 Å². The van der Waals surface area contributed by atoms with Gasteiger partial charge in [0.1, 0.15) is 5.82 Å². The lowest BCUT2D eigenvalue weighted by Gasteiger charge is -2.09. The molecule has 0 aliphatic rings. The fourth-order valence-corrected chi connectivity index (χ4v) is 2.58. The summed E-state index contributed by atoms with van der Waals surface area (Å²) in [7, 11) is 0. The minimum absolute atomic E-state index is 0.238. The summed E-state index contributed by atoms with van der Waals surface area (Å²) in [5.41, 5.74) is 2.79. The highest BCUT2D eigenvalue weighted by Gasteiger charge is 2.07. The first kappa shape index (κ1) is 11.6. The normalized spacial score (nSPS) is 10.4. The van der Waals surface area contributed by atoms with E-state index >= 15 is 0 Å². The van der Waals surface area contributed by atoms with E-state index in [1.807, 2.05) is 24.3 Å². The van der Waals surface area contributed by atoms with E-state index in [9.17, 15) is 4.39 Å². The van der Waals surface area contributed by atoms with Gasteiger partial charge in [-0.15, -0.1) is 11.6 Å². The van der Waals surface area contributed by atoms with Crippen LogP contribution in [0, 0.1) is 5.82 Å². The Balaban J connectivity index is 2.60. The van der Waals surface area contributed by atoms with Gasteiger partial charge in [-0.05, 0) is 34.9 Å². The molecule has 0 N–H and O–H groups in total. The zero-order valence-electron chi connectivity index (χ0n) is 8.38. The van der Waals surface area contributed by atoms with Crippen molar-refractivity contribution < 1.29 is 4.39 Å². The van der Waals surface area contributed by atoms with Crippen LogP contribution in [0.4, 0.5) is 4.39 Å². The summed E-state index contributed by atoms with van der Waals surface area (Å²) in [5.74, 6) is 0.158. The fourth-order valence-electron chi connectivity index (χ4n) is 1.62. The molecule has 3 heteroatoms. The lowest BCUT2D eigenvalue weighted by atomic mass is 10.0. The number of hydrogen-bond donors (Lipinski definition) is 0. The average molecular weight is 300 g/mol. The zero-order valence-corrected chi connectivity index (χ0v) is 10.7. The number of hydrogen-bond acceptors (Lipinski definition) is 0. The topological polar surface area (TPSA) is 0 Å². The molecular formula is C13H9BrClF. The van der Waals surface area contributed by atoms with Crippen molar-refractivity contribution in [3.8, 4) is 11.1 Å². The number of benzene rings is 2. The highest BCUT2D eigenvalue weighted by molar-refractivity contribution is 9.10. The Bertz CT molecular complexity index is 511. The van der Waals surface area contributed by atoms with Gasteiger partial charge in [-0.2, -0.15) is 0 Å². The van der Waals surface area contributed by atoms with E-state index in [2.05, 4.69) is 15.9 Å². The average Bonchev–Trinajstić information content (AvgIpc) is 2.28. The number of alkyl halides is 1. The minimum Gasteiger partial charge on any atom is -0.207 e. The molecule has 0 spiro atoms. The highest BCUT2D eigenvalue weighted by Crippen LogP contribution is 2.30. The van der Waals surface area contributed by atoms with Gasteiger partial charge >= 0.3 is 0 Å². The maximum absolute atomic E-state index is 13.1. The molecule has 0 nitrogen and oxygen atoms in total. The predicted molar refractivity (Wildman–Crippen MR) is 69.1 cm³/mol. The molecule has 0 fully saturated rings. The highest BCUT2D eigenvalue weighted by atomic mass is 79.9. The predicted octanol–water partition coefficient (Wildman–Crippen LogP) is 4.99. The summed E-state index contributed by atoms with van der Waals surface area (Å²) < 4.78 is 14.1. The van der Waals surface area contributed by atoms with Gasteiger partial charge in [-0.3, -0.25) is 0 Å². The molecule has 0 bridgehead atoms. The van der Waals surface area contributed by atoms with E-state index in [-0.39, 0.29) is 5.82 Å². The lowest BCUT2D eigenvalue weighted by Crippen LogP contribution is -1.88. The Morgan fingerprint density at radius 1 is 1.12 bits per heavy atom. The Labute approximate surface area is 107 Å². The summed E-state index contributed by atoms with van der Waals surface area (Å²) in [5, 5.41) is 0. The summed E-state index contributed by atoms with van der Waals surface area (Å²) in [6.45, 7) is 0. The van der Waals surface area contributed by atoms with E-state index in [1.165, 1.54) is 12.1 Å². The Morgan fingerprint density at radius 3 is 2.56 bits per heavy atom. The van der Waals surface area contributed by atoms with E-state index in [0.29, 0.717) is 5.88 Å². The van der Waals surface area contributed by atoms with Gasteiger partial charge in [-0.1, -0.05) is 40.2 Å². The Kier molecular flexibility index (Phi) is 3.62. The molecule has 2 aromatic rings. The largest absolute Gasteiger partial charge is 0.207 e. The van der Waals surface area contributed by atoms with Gasteiger partial charge in [0.25, 0.3) is 0 Å². The van der Waals surface area contributed by atoms with Crippen molar-refractivity contribution in [2.75, 3.05) is 0 Å². The molecule has 0 radical (unpaired) electrons. The smallest absolute Gasteiger partial charge is 0.123 e. The maximum Gasteiger partial charge on any atom is 0.123 e. The Morgan fingerprint density at radius 2 is 1.88 bits per heavy atom. The van der Waals surface area contributed by atoms with Crippen molar-refractivity contribution in [1.82, 2.24) is 0 Å². The van der Waals surface area contributed by atoms with Gasteiger partial charge in [-0.25, -0.2) is 4.39 Å². The molecule has 0 aromatic heterocycles. The van der Waals surface area contributed by atoms with Crippen LogP contribution in [0.15, 0.2) is 46.9 Å². The molecule has 0 aliphatic heterocycles. The molecule has 0 saturated heterocycles. The number of halogens is 3. The summed E-state index contributed by atoms with van der Waals surface area (Å²) in [4.78, 5) is 0.